The summed E-state index contributed by atoms with van der Waals surface area (Å²) in [6.45, 7) is 4.69. The Morgan fingerprint density at radius 3 is 2.88 bits per heavy atom. The maximum atomic E-state index is 11.7. The van der Waals surface area contributed by atoms with Crippen molar-refractivity contribution >= 4 is 29.0 Å². The molecule has 0 aliphatic heterocycles. The lowest BCUT2D eigenvalue weighted by atomic mass is 10.3. The highest BCUT2D eigenvalue weighted by atomic mass is 32.2. The van der Waals surface area contributed by atoms with Crippen LogP contribution in [0.1, 0.15) is 41.8 Å². The van der Waals surface area contributed by atoms with Crippen LogP contribution in [0, 0.1) is 0 Å². The van der Waals surface area contributed by atoms with E-state index in [1.807, 2.05) is 6.92 Å². The van der Waals surface area contributed by atoms with Gasteiger partial charge in [0.05, 0.1) is 6.04 Å². The van der Waals surface area contributed by atoms with Crippen molar-refractivity contribution in [2.75, 3.05) is 12.8 Å². The third-order valence-corrected chi connectivity index (χ3v) is 4.47. The Morgan fingerprint density at radius 1 is 1.65 bits per heavy atom. The molecular weight excluding hydrogens is 254 g/mol. The molecule has 0 aromatic carbocycles. The van der Waals surface area contributed by atoms with Crippen molar-refractivity contribution in [1.82, 2.24) is 10.3 Å². The van der Waals surface area contributed by atoms with Gasteiger partial charge in [-0.3, -0.25) is 4.79 Å². The second-order valence-electron chi connectivity index (χ2n) is 3.95. The zero-order chi connectivity index (χ0) is 12.8. The number of thiazole rings is 1. The Bertz CT molecular complexity index is 365. The third-order valence-electron chi connectivity index (χ3n) is 2.38. The summed E-state index contributed by atoms with van der Waals surface area (Å²) in [5.41, 5.74) is 6.17. The number of carbonyl (C=O) groups is 1. The molecule has 0 aliphatic carbocycles. The summed E-state index contributed by atoms with van der Waals surface area (Å²) < 4.78 is 0. The summed E-state index contributed by atoms with van der Waals surface area (Å²) >= 11 is 3.23. The molecule has 1 rings (SSSR count). The molecule has 1 aromatic rings. The Kier molecular flexibility index (Phi) is 5.94. The number of carbonyl (C=O) groups excluding carboxylic acids is 1. The maximum Gasteiger partial charge on any atom is 0.270 e. The SMILES string of the molecule is CSC(C)CCNC(=O)c1csc(C(C)N)n1. The highest BCUT2D eigenvalue weighted by molar-refractivity contribution is 7.99. The Morgan fingerprint density at radius 2 is 2.35 bits per heavy atom. The number of nitrogens with zero attached hydrogens (tertiary/aromatic N) is 1. The number of hydrogen-bond acceptors (Lipinski definition) is 5. The minimum atomic E-state index is -0.113. The Balaban J connectivity index is 2.41. The van der Waals surface area contributed by atoms with Crippen molar-refractivity contribution in [2.24, 2.45) is 5.73 Å². The highest BCUT2D eigenvalue weighted by Crippen LogP contribution is 2.15. The molecule has 3 N–H and O–H groups in total. The topological polar surface area (TPSA) is 68.0 Å². The first-order valence-electron chi connectivity index (χ1n) is 5.56. The van der Waals surface area contributed by atoms with E-state index in [0.29, 0.717) is 17.5 Å². The second kappa shape index (κ2) is 6.98. The number of nitrogens with two attached hydrogens (primary N) is 1. The van der Waals surface area contributed by atoms with Crippen molar-refractivity contribution in [2.45, 2.75) is 31.6 Å². The average molecular weight is 273 g/mol. The van der Waals surface area contributed by atoms with Crippen molar-refractivity contribution in [1.29, 1.82) is 0 Å². The number of thioether (sulfide) groups is 1. The first-order chi connectivity index (χ1) is 8.04. The maximum absolute atomic E-state index is 11.7. The van der Waals surface area contributed by atoms with Gasteiger partial charge in [0, 0.05) is 17.2 Å². The van der Waals surface area contributed by atoms with Gasteiger partial charge in [0.1, 0.15) is 10.7 Å². The average Bonchev–Trinajstić information content (AvgIpc) is 2.78. The van der Waals surface area contributed by atoms with Gasteiger partial charge >= 0.3 is 0 Å². The molecule has 0 spiro atoms. The highest BCUT2D eigenvalue weighted by Gasteiger charge is 2.12. The number of amides is 1. The predicted octanol–water partition coefficient (Wildman–Crippen LogP) is 2.03. The molecule has 0 fully saturated rings. The van der Waals surface area contributed by atoms with Gasteiger partial charge in [-0.25, -0.2) is 4.98 Å². The van der Waals surface area contributed by atoms with E-state index in [0.717, 1.165) is 11.4 Å². The van der Waals surface area contributed by atoms with E-state index in [1.54, 1.807) is 17.1 Å². The van der Waals surface area contributed by atoms with Crippen LogP contribution in [0.15, 0.2) is 5.38 Å². The van der Waals surface area contributed by atoms with Crippen molar-refractivity contribution in [3.8, 4) is 0 Å². The summed E-state index contributed by atoms with van der Waals surface area (Å²) in [5.74, 6) is -0.110. The summed E-state index contributed by atoms with van der Waals surface area (Å²) in [6.07, 6.45) is 3.04. The van der Waals surface area contributed by atoms with E-state index in [4.69, 9.17) is 5.73 Å². The summed E-state index contributed by atoms with van der Waals surface area (Å²) in [4.78, 5) is 15.9. The molecular formula is C11H19N3OS2. The number of rotatable bonds is 6. The van der Waals surface area contributed by atoms with Gasteiger partial charge in [-0.1, -0.05) is 6.92 Å². The lowest BCUT2D eigenvalue weighted by molar-refractivity contribution is 0.0949. The molecule has 0 saturated heterocycles. The quantitative estimate of drug-likeness (QED) is 0.832. The molecule has 0 bridgehead atoms. The molecule has 0 radical (unpaired) electrons. The summed E-state index contributed by atoms with van der Waals surface area (Å²) in [5, 5.41) is 5.98. The molecule has 2 atom stereocenters. The Hall–Kier alpha value is -0.590. The van der Waals surface area contributed by atoms with Crippen molar-refractivity contribution < 1.29 is 4.79 Å². The van der Waals surface area contributed by atoms with E-state index in [1.165, 1.54) is 11.3 Å². The predicted molar refractivity (Wildman–Crippen MR) is 74.6 cm³/mol. The van der Waals surface area contributed by atoms with Gasteiger partial charge in [-0.05, 0) is 19.6 Å². The molecule has 17 heavy (non-hydrogen) atoms. The van der Waals surface area contributed by atoms with E-state index in [-0.39, 0.29) is 11.9 Å². The number of aromatic nitrogens is 1. The van der Waals surface area contributed by atoms with Gasteiger partial charge in [0.2, 0.25) is 0 Å². The minimum Gasteiger partial charge on any atom is -0.351 e. The molecule has 2 unspecified atom stereocenters. The largest absolute Gasteiger partial charge is 0.351 e. The fourth-order valence-electron chi connectivity index (χ4n) is 1.20. The third kappa shape index (κ3) is 4.65. The molecule has 1 aromatic heterocycles. The minimum absolute atomic E-state index is 0.110. The van der Waals surface area contributed by atoms with E-state index < -0.39 is 0 Å². The van der Waals surface area contributed by atoms with E-state index >= 15 is 0 Å². The monoisotopic (exact) mass is 273 g/mol. The molecule has 6 heteroatoms. The van der Waals surface area contributed by atoms with Gasteiger partial charge < -0.3 is 11.1 Å². The smallest absolute Gasteiger partial charge is 0.270 e. The lowest BCUT2D eigenvalue weighted by Crippen LogP contribution is -2.26. The molecule has 1 amide bonds. The van der Waals surface area contributed by atoms with Crippen LogP contribution in [0.2, 0.25) is 0 Å². The molecule has 96 valence electrons. The number of hydrogen-bond donors (Lipinski definition) is 2. The van der Waals surface area contributed by atoms with Crippen molar-refractivity contribution in [3.05, 3.63) is 16.1 Å². The van der Waals surface area contributed by atoms with Crippen LogP contribution in [0.4, 0.5) is 0 Å². The Labute approximate surface area is 110 Å². The van der Waals surface area contributed by atoms with Gasteiger partial charge in [-0.15, -0.1) is 11.3 Å². The summed E-state index contributed by atoms with van der Waals surface area (Å²) in [6, 6.07) is -0.113. The fraction of sp³-hybridized carbons (Fsp3) is 0.636. The lowest BCUT2D eigenvalue weighted by Gasteiger charge is -2.08. The van der Waals surface area contributed by atoms with Crippen LogP contribution in [0.25, 0.3) is 0 Å². The van der Waals surface area contributed by atoms with Crippen LogP contribution >= 0.6 is 23.1 Å². The van der Waals surface area contributed by atoms with Crippen molar-refractivity contribution in [3.63, 3.8) is 0 Å². The standard InChI is InChI=1S/C11H19N3OS2/c1-7(16-3)4-5-13-10(15)9-6-17-11(14-9)8(2)12/h6-8H,4-5,12H2,1-3H3,(H,13,15). The fourth-order valence-corrected chi connectivity index (χ4v) is 2.31. The zero-order valence-corrected chi connectivity index (χ0v) is 12.0. The van der Waals surface area contributed by atoms with Crippen LogP contribution < -0.4 is 11.1 Å². The number of nitrogens with one attached hydrogen (secondary N) is 1. The first-order valence-corrected chi connectivity index (χ1v) is 7.73. The summed E-state index contributed by atoms with van der Waals surface area (Å²) in [7, 11) is 0. The second-order valence-corrected chi connectivity index (χ2v) is 6.12. The molecule has 0 aliphatic rings. The zero-order valence-electron chi connectivity index (χ0n) is 10.4. The van der Waals surface area contributed by atoms with Crippen LogP contribution in [0.3, 0.4) is 0 Å². The molecule has 4 nitrogen and oxygen atoms in total. The van der Waals surface area contributed by atoms with E-state index in [9.17, 15) is 4.79 Å². The first kappa shape index (κ1) is 14.5. The van der Waals surface area contributed by atoms with Crippen LogP contribution in [-0.2, 0) is 0 Å². The van der Waals surface area contributed by atoms with Crippen LogP contribution in [-0.4, -0.2) is 28.9 Å². The van der Waals surface area contributed by atoms with Crippen LogP contribution in [0.5, 0.6) is 0 Å². The van der Waals surface area contributed by atoms with E-state index in [2.05, 4.69) is 23.5 Å². The normalized spacial score (nSPS) is 14.4. The molecule has 1 heterocycles. The molecule has 0 saturated carbocycles. The van der Waals surface area contributed by atoms with Gasteiger partial charge in [0.15, 0.2) is 0 Å². The van der Waals surface area contributed by atoms with Gasteiger partial charge in [-0.2, -0.15) is 11.8 Å². The van der Waals surface area contributed by atoms with Gasteiger partial charge in [0.25, 0.3) is 5.91 Å².